The fourth-order valence-electron chi connectivity index (χ4n) is 3.97. The zero-order valence-electron chi connectivity index (χ0n) is 19.3. The molecule has 1 saturated heterocycles. The first-order valence-electron chi connectivity index (χ1n) is 11.1. The van der Waals surface area contributed by atoms with Gasteiger partial charge in [-0.25, -0.2) is 4.79 Å². The average molecular weight is 467 g/mol. The van der Waals surface area contributed by atoms with Gasteiger partial charge in [0.05, 0.1) is 32.2 Å². The van der Waals surface area contributed by atoms with Crippen molar-refractivity contribution >= 4 is 24.2 Å². The van der Waals surface area contributed by atoms with Crippen molar-refractivity contribution in [2.75, 3.05) is 7.11 Å². The number of nitrogens with one attached hydrogen (secondary N) is 1. The van der Waals surface area contributed by atoms with Crippen LogP contribution in [0.15, 0.2) is 59.7 Å². The highest BCUT2D eigenvalue weighted by Gasteiger charge is 2.37. The van der Waals surface area contributed by atoms with Gasteiger partial charge in [-0.05, 0) is 23.6 Å². The van der Waals surface area contributed by atoms with E-state index in [0.717, 1.165) is 16.7 Å². The number of benzene rings is 2. The molecule has 0 saturated carbocycles. The van der Waals surface area contributed by atoms with Crippen molar-refractivity contribution < 1.29 is 23.9 Å². The summed E-state index contributed by atoms with van der Waals surface area (Å²) in [6.45, 7) is 2.10. The molecule has 0 bridgehead atoms. The molecule has 1 aliphatic rings. The lowest BCUT2D eigenvalue weighted by Crippen LogP contribution is -2.46. The molecule has 0 unspecified atom stereocenters. The van der Waals surface area contributed by atoms with Crippen molar-refractivity contribution in [1.29, 1.82) is 0 Å². The highest BCUT2D eigenvalue weighted by Crippen LogP contribution is 2.34. The molecule has 3 rings (SSSR count). The Hall–Kier alpha value is -3.88. The van der Waals surface area contributed by atoms with E-state index in [0.29, 0.717) is 13.0 Å². The van der Waals surface area contributed by atoms with E-state index in [1.807, 2.05) is 54.6 Å². The van der Waals surface area contributed by atoms with E-state index in [4.69, 9.17) is 10.6 Å². The van der Waals surface area contributed by atoms with E-state index in [-0.39, 0.29) is 30.8 Å². The number of hydrazone groups is 1. The number of amides is 2. The summed E-state index contributed by atoms with van der Waals surface area (Å²) < 4.78 is 10.3. The van der Waals surface area contributed by atoms with Crippen LogP contribution in [0.2, 0.25) is 0 Å². The summed E-state index contributed by atoms with van der Waals surface area (Å²) in [4.78, 5) is 38.7. The van der Waals surface area contributed by atoms with Crippen LogP contribution in [0.5, 0.6) is 0 Å². The van der Waals surface area contributed by atoms with Gasteiger partial charge in [0.2, 0.25) is 5.91 Å². The Morgan fingerprint density at radius 1 is 1.24 bits per heavy atom. The van der Waals surface area contributed by atoms with E-state index in [1.165, 1.54) is 7.11 Å². The van der Waals surface area contributed by atoms with Crippen molar-refractivity contribution in [3.8, 4) is 0 Å². The Kier molecular flexibility index (Phi) is 8.61. The summed E-state index contributed by atoms with van der Waals surface area (Å²) in [5.41, 5.74) is 2.74. The summed E-state index contributed by atoms with van der Waals surface area (Å²) in [7, 11) is 1.30. The lowest BCUT2D eigenvalue weighted by Gasteiger charge is -2.39. The Balaban J connectivity index is 1.75. The van der Waals surface area contributed by atoms with E-state index < -0.39 is 18.2 Å². The number of carbonyl (C=O) groups excluding carboxylic acids is 3. The number of esters is 1. The Labute approximate surface area is 198 Å². The second-order valence-electron chi connectivity index (χ2n) is 8.27. The number of hydrogen-bond donors (Lipinski definition) is 2. The fourth-order valence-corrected chi connectivity index (χ4v) is 3.97. The van der Waals surface area contributed by atoms with Crippen LogP contribution in [0.3, 0.4) is 0 Å². The second kappa shape index (κ2) is 11.8. The topological polar surface area (TPSA) is 123 Å². The number of cyclic esters (lactones) is 1. The predicted octanol–water partition coefficient (Wildman–Crippen LogP) is 2.89. The van der Waals surface area contributed by atoms with Crippen LogP contribution in [-0.2, 0) is 25.6 Å². The molecule has 1 heterocycles. The third-order valence-corrected chi connectivity index (χ3v) is 5.63. The summed E-state index contributed by atoms with van der Waals surface area (Å²) >= 11 is 0. The van der Waals surface area contributed by atoms with Crippen LogP contribution in [0, 0.1) is 0 Å². The molecular weight excluding hydrogens is 436 g/mol. The number of nitrogens with two attached hydrogens (primary N) is 1. The smallest absolute Gasteiger partial charge is 0.410 e. The molecule has 1 fully saturated rings. The van der Waals surface area contributed by atoms with E-state index >= 15 is 0 Å². The van der Waals surface area contributed by atoms with Crippen LogP contribution in [-0.4, -0.2) is 48.3 Å². The van der Waals surface area contributed by atoms with Gasteiger partial charge in [0.25, 0.3) is 0 Å². The maximum Gasteiger partial charge on any atom is 0.410 e. The normalized spacial score (nSPS) is 18.9. The van der Waals surface area contributed by atoms with Gasteiger partial charge < -0.3 is 20.6 Å². The van der Waals surface area contributed by atoms with E-state index in [2.05, 4.69) is 15.2 Å². The summed E-state index contributed by atoms with van der Waals surface area (Å²) in [5, 5.41) is 6.30. The second-order valence-corrected chi connectivity index (χ2v) is 8.27. The molecule has 3 atom stereocenters. The Morgan fingerprint density at radius 2 is 1.94 bits per heavy atom. The first-order valence-corrected chi connectivity index (χ1v) is 11.1. The molecular formula is C25H30N4O5. The number of nitrogens with zero attached hydrogens (tertiary/aromatic N) is 2. The molecule has 2 amide bonds. The number of rotatable bonds is 9. The van der Waals surface area contributed by atoms with Crippen molar-refractivity contribution in [2.24, 2.45) is 10.9 Å². The van der Waals surface area contributed by atoms with Gasteiger partial charge in [-0.1, -0.05) is 54.6 Å². The maximum atomic E-state index is 13.0. The zero-order valence-corrected chi connectivity index (χ0v) is 19.3. The standard InChI is InChI=1S/C25H30N4O5/c1-17(12-24(31)33-2)28-23(30)14-21-13-22(20-10-8-18(9-11-20)15-27-26)29(25(32)34-21)16-19-6-4-3-5-7-19/h3-11,15,17,21-22H,12-14,16,26H2,1-2H3,(H,28,30)/t17-,21-,22+/m1/s1. The summed E-state index contributed by atoms with van der Waals surface area (Å²) in [6.07, 6.45) is 0.988. The average Bonchev–Trinajstić information content (AvgIpc) is 2.81. The molecule has 2 aromatic rings. The predicted molar refractivity (Wildman–Crippen MR) is 127 cm³/mol. The van der Waals surface area contributed by atoms with Gasteiger partial charge in [0.15, 0.2) is 0 Å². The quantitative estimate of drug-likeness (QED) is 0.254. The summed E-state index contributed by atoms with van der Waals surface area (Å²) in [6, 6.07) is 16.6. The molecule has 0 spiro atoms. The monoisotopic (exact) mass is 466 g/mol. The van der Waals surface area contributed by atoms with Crippen LogP contribution in [0.4, 0.5) is 4.79 Å². The summed E-state index contributed by atoms with van der Waals surface area (Å²) in [5.74, 6) is 4.54. The van der Waals surface area contributed by atoms with E-state index in [9.17, 15) is 14.4 Å². The molecule has 34 heavy (non-hydrogen) atoms. The minimum atomic E-state index is -0.597. The lowest BCUT2D eigenvalue weighted by molar-refractivity contribution is -0.141. The lowest BCUT2D eigenvalue weighted by atomic mass is 9.94. The first kappa shape index (κ1) is 24.8. The van der Waals surface area contributed by atoms with Gasteiger partial charge in [0, 0.05) is 19.0 Å². The van der Waals surface area contributed by atoms with Crippen LogP contribution < -0.4 is 11.2 Å². The highest BCUT2D eigenvalue weighted by molar-refractivity contribution is 5.80. The van der Waals surface area contributed by atoms with Crippen molar-refractivity contribution in [3.63, 3.8) is 0 Å². The number of hydrogen-bond acceptors (Lipinski definition) is 7. The molecule has 0 aliphatic carbocycles. The maximum absolute atomic E-state index is 13.0. The Bertz CT molecular complexity index is 1010. The van der Waals surface area contributed by atoms with Crippen molar-refractivity contribution in [2.45, 2.75) is 50.9 Å². The molecule has 3 N–H and O–H groups in total. The third-order valence-electron chi connectivity index (χ3n) is 5.63. The van der Waals surface area contributed by atoms with Crippen LogP contribution >= 0.6 is 0 Å². The molecule has 2 aromatic carbocycles. The third kappa shape index (κ3) is 6.81. The molecule has 9 heteroatoms. The van der Waals surface area contributed by atoms with Crippen LogP contribution in [0.25, 0.3) is 0 Å². The fraction of sp³-hybridized carbons (Fsp3) is 0.360. The molecule has 0 radical (unpaired) electrons. The first-order chi connectivity index (χ1) is 16.4. The van der Waals surface area contributed by atoms with Crippen LogP contribution in [0.1, 0.15) is 48.9 Å². The number of methoxy groups -OCH3 is 1. The Morgan fingerprint density at radius 3 is 2.59 bits per heavy atom. The number of carbonyl (C=O) groups is 3. The minimum Gasteiger partial charge on any atom is -0.469 e. The molecule has 1 aliphatic heterocycles. The molecule has 180 valence electrons. The van der Waals surface area contributed by atoms with Gasteiger partial charge in [0.1, 0.15) is 6.10 Å². The minimum absolute atomic E-state index is 0.00481. The van der Waals surface area contributed by atoms with Gasteiger partial charge in [-0.3, -0.25) is 14.5 Å². The number of ether oxygens (including phenoxy) is 2. The van der Waals surface area contributed by atoms with E-state index in [1.54, 1.807) is 18.0 Å². The largest absolute Gasteiger partial charge is 0.469 e. The SMILES string of the molecule is COC(=O)C[C@@H](C)NC(=O)C[C@H]1C[C@@H](c2ccc(C=NN)cc2)N(Cc2ccccc2)C(=O)O1. The van der Waals surface area contributed by atoms with Gasteiger partial charge in [-0.15, -0.1) is 0 Å². The molecule has 9 nitrogen and oxygen atoms in total. The van der Waals surface area contributed by atoms with Gasteiger partial charge in [-0.2, -0.15) is 5.10 Å². The van der Waals surface area contributed by atoms with Gasteiger partial charge >= 0.3 is 12.1 Å². The van der Waals surface area contributed by atoms with Crippen molar-refractivity contribution in [1.82, 2.24) is 10.2 Å². The van der Waals surface area contributed by atoms with Crippen molar-refractivity contribution in [3.05, 3.63) is 71.3 Å². The highest BCUT2D eigenvalue weighted by atomic mass is 16.6. The zero-order chi connectivity index (χ0) is 24.5. The molecule has 0 aromatic heterocycles.